The highest BCUT2D eigenvalue weighted by Crippen LogP contribution is 2.36. The molecule has 3 rings (SSSR count). The summed E-state index contributed by atoms with van der Waals surface area (Å²) in [7, 11) is -0.349. The van der Waals surface area contributed by atoms with Crippen LogP contribution in [0.2, 0.25) is 0 Å². The lowest BCUT2D eigenvalue weighted by Gasteiger charge is -2.32. The highest BCUT2D eigenvalue weighted by molar-refractivity contribution is 9.10. The van der Waals surface area contributed by atoms with Gasteiger partial charge in [0.15, 0.2) is 0 Å². The molecule has 0 aliphatic carbocycles. The Morgan fingerprint density at radius 2 is 1.68 bits per heavy atom. The molecule has 0 unspecified atom stereocenters. The third-order valence-electron chi connectivity index (χ3n) is 5.02. The predicted molar refractivity (Wildman–Crippen MR) is 105 cm³/mol. The summed E-state index contributed by atoms with van der Waals surface area (Å²) >= 11 is 3.49. The average Bonchev–Trinajstić information content (AvgIpc) is 2.77. The van der Waals surface area contributed by atoms with Crippen LogP contribution in [0.4, 0.5) is 0 Å². The fraction of sp³-hybridized carbons (Fsp3) is 0.400. The molecule has 5 heteroatoms. The Labute approximate surface area is 159 Å². The van der Waals surface area contributed by atoms with Crippen LogP contribution in [0.5, 0.6) is 5.75 Å². The molecule has 1 aliphatic heterocycles. The van der Waals surface area contributed by atoms with E-state index < -0.39 is 0 Å². The predicted octanol–water partition coefficient (Wildman–Crippen LogP) is 4.64. The van der Waals surface area contributed by atoms with E-state index in [-0.39, 0.29) is 18.3 Å². The molecule has 0 saturated carbocycles. The van der Waals surface area contributed by atoms with Gasteiger partial charge in [0.25, 0.3) is 0 Å². The Hall–Kier alpha value is -1.30. The topological polar surface area (TPSA) is 27.7 Å². The Kier molecular flexibility index (Phi) is 5.02. The third-order valence-corrected chi connectivity index (χ3v) is 5.51. The lowest BCUT2D eigenvalue weighted by Crippen LogP contribution is -2.41. The van der Waals surface area contributed by atoms with Crippen molar-refractivity contribution in [1.29, 1.82) is 0 Å². The van der Waals surface area contributed by atoms with E-state index >= 15 is 0 Å². The number of ether oxygens (including phenoxy) is 1. The van der Waals surface area contributed by atoms with Crippen LogP contribution in [0.1, 0.15) is 38.8 Å². The van der Waals surface area contributed by atoms with Crippen LogP contribution in [0, 0.1) is 6.92 Å². The lowest BCUT2D eigenvalue weighted by atomic mass is 9.78. The SMILES string of the molecule is Cc1ccc(Br)cc1OCc1cccc(B2OC(C)(C)C(C)(C)O2)c1. The first-order valence-electron chi connectivity index (χ1n) is 8.51. The van der Waals surface area contributed by atoms with Crippen molar-refractivity contribution in [1.82, 2.24) is 0 Å². The molecule has 0 aromatic heterocycles. The van der Waals surface area contributed by atoms with Gasteiger partial charge in [-0.25, -0.2) is 0 Å². The van der Waals surface area contributed by atoms with Crippen LogP contribution < -0.4 is 10.2 Å². The molecule has 0 atom stereocenters. The zero-order valence-corrected chi connectivity index (χ0v) is 17.0. The molecule has 1 aliphatic rings. The van der Waals surface area contributed by atoms with Gasteiger partial charge in [0, 0.05) is 4.47 Å². The second-order valence-corrected chi connectivity index (χ2v) is 8.45. The molecule has 132 valence electrons. The zero-order valence-electron chi connectivity index (χ0n) is 15.4. The van der Waals surface area contributed by atoms with E-state index in [9.17, 15) is 0 Å². The minimum atomic E-state index is -0.349. The molecule has 2 aromatic rings. The molecule has 1 heterocycles. The van der Waals surface area contributed by atoms with E-state index in [0.29, 0.717) is 6.61 Å². The van der Waals surface area contributed by atoms with Crippen molar-refractivity contribution in [3.05, 3.63) is 58.1 Å². The molecule has 0 radical (unpaired) electrons. The zero-order chi connectivity index (χ0) is 18.2. The summed E-state index contributed by atoms with van der Waals surface area (Å²) in [6.45, 7) is 10.8. The maximum Gasteiger partial charge on any atom is 0.494 e. The molecular weight excluding hydrogens is 379 g/mol. The Morgan fingerprint density at radius 3 is 2.36 bits per heavy atom. The number of benzene rings is 2. The fourth-order valence-electron chi connectivity index (χ4n) is 2.70. The maximum atomic E-state index is 6.13. The van der Waals surface area contributed by atoms with Crippen LogP contribution in [0.15, 0.2) is 46.9 Å². The third kappa shape index (κ3) is 3.94. The van der Waals surface area contributed by atoms with Crippen molar-refractivity contribution >= 4 is 28.5 Å². The Balaban J connectivity index is 1.73. The highest BCUT2D eigenvalue weighted by Gasteiger charge is 2.51. The molecule has 2 aromatic carbocycles. The summed E-state index contributed by atoms with van der Waals surface area (Å²) in [5.41, 5.74) is 2.55. The number of halogens is 1. The highest BCUT2D eigenvalue weighted by atomic mass is 79.9. The molecular formula is C20H24BBrO3. The largest absolute Gasteiger partial charge is 0.494 e. The summed E-state index contributed by atoms with van der Waals surface area (Å²) in [4.78, 5) is 0. The number of hydrogen-bond acceptors (Lipinski definition) is 3. The minimum Gasteiger partial charge on any atom is -0.489 e. The monoisotopic (exact) mass is 402 g/mol. The molecule has 1 fully saturated rings. The number of rotatable bonds is 4. The number of aryl methyl sites for hydroxylation is 1. The van der Waals surface area contributed by atoms with Gasteiger partial charge in [-0.2, -0.15) is 0 Å². The number of hydrogen-bond donors (Lipinski definition) is 0. The van der Waals surface area contributed by atoms with Crippen LogP contribution in [0.25, 0.3) is 0 Å². The van der Waals surface area contributed by atoms with E-state index in [4.69, 9.17) is 14.0 Å². The summed E-state index contributed by atoms with van der Waals surface area (Å²) in [6.07, 6.45) is 0. The van der Waals surface area contributed by atoms with E-state index in [1.165, 1.54) is 0 Å². The van der Waals surface area contributed by atoms with Gasteiger partial charge in [-0.3, -0.25) is 0 Å². The molecule has 25 heavy (non-hydrogen) atoms. The van der Waals surface area contributed by atoms with Crippen LogP contribution in [-0.2, 0) is 15.9 Å². The first-order valence-corrected chi connectivity index (χ1v) is 9.31. The van der Waals surface area contributed by atoms with E-state index in [1.807, 2.05) is 37.3 Å². The van der Waals surface area contributed by atoms with Gasteiger partial charge in [-0.05, 0) is 63.3 Å². The van der Waals surface area contributed by atoms with Gasteiger partial charge in [0.1, 0.15) is 12.4 Å². The average molecular weight is 403 g/mol. The fourth-order valence-corrected chi connectivity index (χ4v) is 3.04. The standard InChI is InChI=1S/C20H24BBrO3/c1-14-9-10-17(22)12-18(14)23-13-15-7-6-8-16(11-15)21-24-19(2,3)20(4,5)25-21/h6-12H,13H2,1-5H3. The van der Waals surface area contributed by atoms with Crippen LogP contribution in [0.3, 0.4) is 0 Å². The van der Waals surface area contributed by atoms with Gasteiger partial charge in [0.05, 0.1) is 11.2 Å². The van der Waals surface area contributed by atoms with Gasteiger partial charge in [-0.1, -0.05) is 46.3 Å². The molecule has 1 saturated heterocycles. The first-order chi connectivity index (χ1) is 11.7. The van der Waals surface area contributed by atoms with E-state index in [0.717, 1.165) is 26.8 Å². The molecule has 0 bridgehead atoms. The van der Waals surface area contributed by atoms with Crippen LogP contribution in [-0.4, -0.2) is 18.3 Å². The first kappa shape index (κ1) is 18.5. The summed E-state index contributed by atoms with van der Waals surface area (Å²) in [6, 6.07) is 14.3. The second-order valence-electron chi connectivity index (χ2n) is 7.53. The lowest BCUT2D eigenvalue weighted by molar-refractivity contribution is 0.00578. The summed E-state index contributed by atoms with van der Waals surface area (Å²) < 4.78 is 19.3. The van der Waals surface area contributed by atoms with Gasteiger partial charge < -0.3 is 14.0 Å². The quantitative estimate of drug-likeness (QED) is 0.697. The molecule has 3 nitrogen and oxygen atoms in total. The van der Waals surface area contributed by atoms with Gasteiger partial charge in [0.2, 0.25) is 0 Å². The van der Waals surface area contributed by atoms with Crippen molar-refractivity contribution in [2.75, 3.05) is 0 Å². The molecule has 0 spiro atoms. The van der Waals surface area contributed by atoms with E-state index in [1.54, 1.807) is 0 Å². The maximum absolute atomic E-state index is 6.13. The van der Waals surface area contributed by atoms with Crippen molar-refractivity contribution in [3.63, 3.8) is 0 Å². The molecule has 0 amide bonds. The normalized spacial score (nSPS) is 18.4. The smallest absolute Gasteiger partial charge is 0.489 e. The van der Waals surface area contributed by atoms with Gasteiger partial charge >= 0.3 is 7.12 Å². The van der Waals surface area contributed by atoms with E-state index in [2.05, 4.69) is 55.8 Å². The molecule has 0 N–H and O–H groups in total. The van der Waals surface area contributed by atoms with Crippen molar-refractivity contribution < 1.29 is 14.0 Å². The van der Waals surface area contributed by atoms with Crippen LogP contribution >= 0.6 is 15.9 Å². The Bertz CT molecular complexity index is 757. The summed E-state index contributed by atoms with van der Waals surface area (Å²) in [5.74, 6) is 0.885. The van der Waals surface area contributed by atoms with Gasteiger partial charge in [-0.15, -0.1) is 0 Å². The minimum absolute atomic E-state index is 0.336. The second kappa shape index (κ2) is 6.78. The van der Waals surface area contributed by atoms with Crippen molar-refractivity contribution in [2.45, 2.75) is 52.4 Å². The van der Waals surface area contributed by atoms with Crippen molar-refractivity contribution in [2.24, 2.45) is 0 Å². The Morgan fingerprint density at radius 1 is 1.00 bits per heavy atom. The van der Waals surface area contributed by atoms with Crippen molar-refractivity contribution in [3.8, 4) is 5.75 Å². The summed E-state index contributed by atoms with van der Waals surface area (Å²) in [5, 5.41) is 0.